The second kappa shape index (κ2) is 7.34. The predicted octanol–water partition coefficient (Wildman–Crippen LogP) is 2.84. The summed E-state index contributed by atoms with van der Waals surface area (Å²) in [6.45, 7) is 4.22. The Labute approximate surface area is 121 Å². The minimum Gasteiger partial charge on any atom is -0.300 e. The molecule has 0 bridgehead atoms. The molecule has 1 aromatic carbocycles. The van der Waals surface area contributed by atoms with Gasteiger partial charge in [0.25, 0.3) is 0 Å². The third kappa shape index (κ3) is 4.57. The lowest BCUT2D eigenvalue weighted by Gasteiger charge is -2.23. The monoisotopic (exact) mass is 273 g/mol. The number of hydrogen-bond donors (Lipinski definition) is 0. The summed E-state index contributed by atoms with van der Waals surface area (Å²) in [6.07, 6.45) is 3.25. The van der Waals surface area contributed by atoms with E-state index in [9.17, 15) is 9.59 Å². The number of hydrogen-bond acceptors (Lipinski definition) is 3. The van der Waals surface area contributed by atoms with Crippen molar-refractivity contribution in [3.8, 4) is 0 Å². The molecule has 3 heteroatoms. The molecule has 1 aromatic rings. The highest BCUT2D eigenvalue weighted by atomic mass is 16.1. The number of rotatable bonds is 5. The molecule has 0 aliphatic carbocycles. The average Bonchev–Trinajstić information content (AvgIpc) is 2.65. The van der Waals surface area contributed by atoms with E-state index < -0.39 is 0 Å². The van der Waals surface area contributed by atoms with Crippen molar-refractivity contribution in [2.45, 2.75) is 39.2 Å². The van der Waals surface area contributed by atoms with E-state index in [0.29, 0.717) is 0 Å². The van der Waals surface area contributed by atoms with Crippen molar-refractivity contribution in [2.75, 3.05) is 13.1 Å². The first-order valence-electron chi connectivity index (χ1n) is 7.43. The molecule has 0 N–H and O–H groups in total. The minimum absolute atomic E-state index is 0.0196. The molecule has 0 amide bonds. The molecule has 2 rings (SSSR count). The van der Waals surface area contributed by atoms with Gasteiger partial charge in [0.05, 0.1) is 6.42 Å². The van der Waals surface area contributed by atoms with E-state index in [2.05, 4.69) is 17.0 Å². The topological polar surface area (TPSA) is 37.4 Å². The summed E-state index contributed by atoms with van der Waals surface area (Å²) < 4.78 is 0. The van der Waals surface area contributed by atoms with Crippen LogP contribution in [-0.4, -0.2) is 29.6 Å². The number of carbonyl (C=O) groups is 2. The molecule has 1 fully saturated rings. The second-order valence-corrected chi connectivity index (χ2v) is 5.76. The largest absolute Gasteiger partial charge is 0.300 e. The SMILES string of the molecule is CC(=O)CC(=O)C1CCCCN(Cc2ccccc2)C1. The van der Waals surface area contributed by atoms with Gasteiger partial charge >= 0.3 is 0 Å². The molecule has 0 aromatic heterocycles. The lowest BCUT2D eigenvalue weighted by atomic mass is 9.95. The maximum Gasteiger partial charge on any atom is 0.144 e. The third-order valence-corrected chi connectivity index (χ3v) is 3.88. The zero-order valence-corrected chi connectivity index (χ0v) is 12.2. The van der Waals surface area contributed by atoms with Gasteiger partial charge in [-0.3, -0.25) is 14.5 Å². The molecular formula is C17H23NO2. The van der Waals surface area contributed by atoms with Crippen LogP contribution in [0, 0.1) is 5.92 Å². The molecule has 0 saturated carbocycles. The minimum atomic E-state index is -0.0196. The highest BCUT2D eigenvalue weighted by Gasteiger charge is 2.24. The van der Waals surface area contributed by atoms with Gasteiger partial charge in [-0.05, 0) is 31.9 Å². The Morgan fingerprint density at radius 2 is 1.95 bits per heavy atom. The molecule has 1 aliphatic heterocycles. The fraction of sp³-hybridized carbons (Fsp3) is 0.529. The van der Waals surface area contributed by atoms with Crippen LogP contribution < -0.4 is 0 Å². The lowest BCUT2D eigenvalue weighted by molar-refractivity contribution is -0.128. The van der Waals surface area contributed by atoms with Crippen LogP contribution in [0.5, 0.6) is 0 Å². The van der Waals surface area contributed by atoms with E-state index >= 15 is 0 Å². The number of nitrogens with zero attached hydrogens (tertiary/aromatic N) is 1. The molecule has 1 atom stereocenters. The summed E-state index contributed by atoms with van der Waals surface area (Å²) in [5, 5.41) is 0. The Morgan fingerprint density at radius 1 is 1.20 bits per heavy atom. The highest BCUT2D eigenvalue weighted by Crippen LogP contribution is 2.20. The zero-order chi connectivity index (χ0) is 14.4. The van der Waals surface area contributed by atoms with E-state index in [4.69, 9.17) is 0 Å². The molecule has 108 valence electrons. The summed E-state index contributed by atoms with van der Waals surface area (Å²) in [5.74, 6) is 0.136. The third-order valence-electron chi connectivity index (χ3n) is 3.88. The standard InChI is InChI=1S/C17H23NO2/c1-14(19)11-17(20)16-9-5-6-10-18(13-16)12-15-7-3-2-4-8-15/h2-4,7-8,16H,5-6,9-13H2,1H3. The molecule has 3 nitrogen and oxygen atoms in total. The van der Waals surface area contributed by atoms with Gasteiger partial charge in [-0.2, -0.15) is 0 Å². The van der Waals surface area contributed by atoms with Crippen LogP contribution in [0.1, 0.15) is 38.2 Å². The lowest BCUT2D eigenvalue weighted by Crippen LogP contribution is -2.32. The van der Waals surface area contributed by atoms with Gasteiger partial charge in [0, 0.05) is 19.0 Å². The molecule has 1 saturated heterocycles. The van der Waals surface area contributed by atoms with Crippen molar-refractivity contribution in [1.29, 1.82) is 0 Å². The number of carbonyl (C=O) groups excluding carboxylic acids is 2. The molecular weight excluding hydrogens is 250 g/mol. The van der Waals surface area contributed by atoms with Crippen LogP contribution in [0.3, 0.4) is 0 Å². The first-order chi connectivity index (χ1) is 9.65. The number of ketones is 2. The zero-order valence-electron chi connectivity index (χ0n) is 12.2. The molecule has 20 heavy (non-hydrogen) atoms. The van der Waals surface area contributed by atoms with E-state index in [-0.39, 0.29) is 23.9 Å². The Hall–Kier alpha value is -1.48. The van der Waals surface area contributed by atoms with Crippen molar-refractivity contribution in [2.24, 2.45) is 5.92 Å². The first-order valence-corrected chi connectivity index (χ1v) is 7.43. The van der Waals surface area contributed by atoms with Gasteiger partial charge in [-0.15, -0.1) is 0 Å². The number of benzene rings is 1. The maximum atomic E-state index is 12.1. The summed E-state index contributed by atoms with van der Waals surface area (Å²) >= 11 is 0. The van der Waals surface area contributed by atoms with Crippen LogP contribution >= 0.6 is 0 Å². The van der Waals surface area contributed by atoms with Crippen LogP contribution in [0.4, 0.5) is 0 Å². The van der Waals surface area contributed by atoms with Gasteiger partial charge < -0.3 is 0 Å². The quantitative estimate of drug-likeness (QED) is 0.774. The Kier molecular flexibility index (Phi) is 5.48. The average molecular weight is 273 g/mol. The van der Waals surface area contributed by atoms with Gasteiger partial charge in [-0.1, -0.05) is 36.8 Å². The van der Waals surface area contributed by atoms with E-state index in [1.807, 2.05) is 18.2 Å². The summed E-state index contributed by atoms with van der Waals surface area (Å²) in [5.41, 5.74) is 1.28. The molecule has 0 radical (unpaired) electrons. The predicted molar refractivity (Wildman–Crippen MR) is 79.4 cm³/mol. The van der Waals surface area contributed by atoms with Crippen LogP contribution in [0.2, 0.25) is 0 Å². The normalized spacial score (nSPS) is 20.4. The fourth-order valence-corrected chi connectivity index (χ4v) is 2.86. The molecule has 1 aliphatic rings. The van der Waals surface area contributed by atoms with Crippen LogP contribution in [0.15, 0.2) is 30.3 Å². The smallest absolute Gasteiger partial charge is 0.144 e. The highest BCUT2D eigenvalue weighted by molar-refractivity contribution is 5.99. The second-order valence-electron chi connectivity index (χ2n) is 5.76. The Bertz CT molecular complexity index is 455. The van der Waals surface area contributed by atoms with E-state index in [1.165, 1.54) is 12.5 Å². The van der Waals surface area contributed by atoms with Gasteiger partial charge in [0.15, 0.2) is 0 Å². The number of Topliss-reactive ketones (excluding diaryl/α,β-unsaturated/α-hetero) is 2. The Balaban J connectivity index is 1.96. The molecule has 0 spiro atoms. The Morgan fingerprint density at radius 3 is 2.65 bits per heavy atom. The summed E-state index contributed by atoms with van der Waals surface area (Å²) in [7, 11) is 0. The van der Waals surface area contributed by atoms with Crippen molar-refractivity contribution < 1.29 is 9.59 Å². The fourth-order valence-electron chi connectivity index (χ4n) is 2.86. The van der Waals surface area contributed by atoms with Gasteiger partial charge in [0.1, 0.15) is 11.6 Å². The van der Waals surface area contributed by atoms with Crippen molar-refractivity contribution in [3.63, 3.8) is 0 Å². The van der Waals surface area contributed by atoms with Crippen molar-refractivity contribution in [1.82, 2.24) is 4.90 Å². The molecule has 1 heterocycles. The summed E-state index contributed by atoms with van der Waals surface area (Å²) in [6, 6.07) is 10.4. The van der Waals surface area contributed by atoms with E-state index in [0.717, 1.165) is 38.9 Å². The van der Waals surface area contributed by atoms with Gasteiger partial charge in [-0.25, -0.2) is 0 Å². The van der Waals surface area contributed by atoms with Gasteiger partial charge in [0.2, 0.25) is 0 Å². The van der Waals surface area contributed by atoms with E-state index in [1.54, 1.807) is 0 Å². The number of likely N-dealkylation sites (tertiary alicyclic amines) is 1. The van der Waals surface area contributed by atoms with Crippen molar-refractivity contribution >= 4 is 11.6 Å². The van der Waals surface area contributed by atoms with Crippen molar-refractivity contribution in [3.05, 3.63) is 35.9 Å². The van der Waals surface area contributed by atoms with Crippen LogP contribution in [-0.2, 0) is 16.1 Å². The summed E-state index contributed by atoms with van der Waals surface area (Å²) in [4.78, 5) is 25.6. The van der Waals surface area contributed by atoms with Crippen LogP contribution in [0.25, 0.3) is 0 Å². The maximum absolute atomic E-state index is 12.1. The molecule has 1 unspecified atom stereocenters. The first kappa shape index (κ1) is 14.9.